The molecule has 0 aliphatic heterocycles. The highest BCUT2D eigenvalue weighted by molar-refractivity contribution is 5.95. The van der Waals surface area contributed by atoms with E-state index in [4.69, 9.17) is 5.73 Å². The van der Waals surface area contributed by atoms with Crippen LogP contribution in [0.5, 0.6) is 0 Å². The molecule has 0 saturated heterocycles. The number of H-pyrrole nitrogens is 1. The number of imidazole rings is 1. The van der Waals surface area contributed by atoms with Crippen molar-refractivity contribution in [2.75, 3.05) is 17.2 Å². The number of nitrogen functional groups attached to an aromatic ring is 1. The highest BCUT2D eigenvalue weighted by Gasteiger charge is 2.24. The highest BCUT2D eigenvalue weighted by Crippen LogP contribution is 2.20. The zero-order valence-corrected chi connectivity index (χ0v) is 20.4. The number of nitrogens with zero attached hydrogens (tertiary/aromatic N) is 4. The lowest BCUT2D eigenvalue weighted by Gasteiger charge is -2.24. The van der Waals surface area contributed by atoms with Gasteiger partial charge >= 0.3 is 11.4 Å². The molecule has 4 aromatic rings. The van der Waals surface area contributed by atoms with Crippen LogP contribution in [0.3, 0.4) is 0 Å². The molecule has 0 radical (unpaired) electrons. The first-order chi connectivity index (χ1) is 17.3. The van der Waals surface area contributed by atoms with Crippen LogP contribution in [0.25, 0.3) is 11.0 Å². The second-order valence-corrected chi connectivity index (χ2v) is 8.70. The smallest absolute Gasteiger partial charge is 0.330 e. The van der Waals surface area contributed by atoms with Crippen LogP contribution in [-0.2, 0) is 24.9 Å². The van der Waals surface area contributed by atoms with E-state index < -0.39 is 11.2 Å². The first-order valence-electron chi connectivity index (χ1n) is 11.9. The Morgan fingerprint density at radius 1 is 0.972 bits per heavy atom. The monoisotopic (exact) mass is 490 g/mol. The number of nitrogens with one attached hydrogen (secondary N) is 1. The molecule has 188 valence electrons. The van der Waals surface area contributed by atoms with Crippen LogP contribution < -0.4 is 27.6 Å². The third kappa shape index (κ3) is 4.74. The maximum absolute atomic E-state index is 13.4. The van der Waals surface area contributed by atoms with Gasteiger partial charge in [0.15, 0.2) is 5.69 Å². The number of anilines is 2. The number of aryl methyl sites for hydroxylation is 2. The molecule has 0 spiro atoms. The van der Waals surface area contributed by atoms with Crippen molar-refractivity contribution in [3.63, 3.8) is 0 Å². The Labute approximate surface area is 207 Å². The van der Waals surface area contributed by atoms with Crippen LogP contribution in [0.1, 0.15) is 31.7 Å². The van der Waals surface area contributed by atoms with Gasteiger partial charge in [0.1, 0.15) is 5.82 Å². The average Bonchev–Trinajstić information content (AvgIpc) is 3.12. The quantitative estimate of drug-likeness (QED) is 0.371. The van der Waals surface area contributed by atoms with Crippen molar-refractivity contribution in [2.45, 2.75) is 39.3 Å². The largest absolute Gasteiger partial charge is 0.383 e. The summed E-state index contributed by atoms with van der Waals surface area (Å²) in [7, 11) is 1.69. The van der Waals surface area contributed by atoms with Gasteiger partial charge in [0.2, 0.25) is 5.91 Å². The molecule has 0 atom stereocenters. The molecule has 3 N–H and O–H groups in total. The van der Waals surface area contributed by atoms with Crippen LogP contribution in [-0.4, -0.2) is 31.1 Å². The molecule has 2 aromatic carbocycles. The summed E-state index contributed by atoms with van der Waals surface area (Å²) in [6.07, 6.45) is 1.40. The van der Waals surface area contributed by atoms with Crippen molar-refractivity contribution >= 4 is 28.4 Å². The summed E-state index contributed by atoms with van der Waals surface area (Å²) in [4.78, 5) is 55.3. The number of hydrogen-bond donors (Lipinski definition) is 2. The summed E-state index contributed by atoms with van der Waals surface area (Å²) in [5.74, 6) is -0.426. The molecule has 4 rings (SSSR count). The van der Waals surface area contributed by atoms with Gasteiger partial charge in [-0.1, -0.05) is 55.8 Å². The number of nitrogens with two attached hydrogens (primary N) is 1. The van der Waals surface area contributed by atoms with Gasteiger partial charge in [-0.15, -0.1) is 0 Å². The number of carbonyl (C=O) groups excluding carboxylic acids is 1. The van der Waals surface area contributed by atoms with Gasteiger partial charge in [0.25, 0.3) is 5.56 Å². The zero-order valence-electron chi connectivity index (χ0n) is 20.4. The molecule has 10 heteroatoms. The normalized spacial score (nSPS) is 11.2. The second-order valence-electron chi connectivity index (χ2n) is 8.70. The highest BCUT2D eigenvalue weighted by atomic mass is 16.2. The molecule has 0 fully saturated rings. The molecule has 2 heterocycles. The van der Waals surface area contributed by atoms with Gasteiger partial charge in [-0.25, -0.2) is 9.59 Å². The maximum Gasteiger partial charge on any atom is 0.330 e. The van der Waals surface area contributed by atoms with E-state index in [-0.39, 0.29) is 49.2 Å². The Morgan fingerprint density at radius 3 is 2.33 bits per heavy atom. The Bertz CT molecular complexity index is 1560. The van der Waals surface area contributed by atoms with E-state index in [1.807, 2.05) is 61.5 Å². The summed E-state index contributed by atoms with van der Waals surface area (Å²) >= 11 is 0. The van der Waals surface area contributed by atoms with Crippen LogP contribution in [0, 0.1) is 0 Å². The van der Waals surface area contributed by atoms with Crippen LogP contribution in [0.15, 0.2) is 69.0 Å². The molecule has 0 saturated carbocycles. The number of rotatable bonds is 9. The third-order valence-electron chi connectivity index (χ3n) is 6.30. The SMILES string of the molecule is CCCCN(C(=O)CCn1c(=O)n(C)c2ccccc21)c1c(N)n(Cc2ccccc2)c(=O)[nH]c1=O. The van der Waals surface area contributed by atoms with Gasteiger partial charge in [-0.05, 0) is 24.1 Å². The van der Waals surface area contributed by atoms with Crippen molar-refractivity contribution in [3.8, 4) is 0 Å². The van der Waals surface area contributed by atoms with E-state index in [1.165, 1.54) is 14.0 Å². The second kappa shape index (κ2) is 10.5. The molecule has 0 aliphatic rings. The topological polar surface area (TPSA) is 128 Å². The Kier molecular flexibility index (Phi) is 7.23. The summed E-state index contributed by atoms with van der Waals surface area (Å²) in [6, 6.07) is 16.6. The van der Waals surface area contributed by atoms with Crippen LogP contribution in [0.2, 0.25) is 0 Å². The number of benzene rings is 2. The molecule has 0 aliphatic carbocycles. The lowest BCUT2D eigenvalue weighted by Crippen LogP contribution is -2.42. The predicted molar refractivity (Wildman–Crippen MR) is 140 cm³/mol. The number of carbonyl (C=O) groups is 1. The fourth-order valence-electron chi connectivity index (χ4n) is 4.36. The Morgan fingerprint density at radius 2 is 1.64 bits per heavy atom. The zero-order chi connectivity index (χ0) is 25.8. The van der Waals surface area contributed by atoms with Gasteiger partial charge in [-0.3, -0.25) is 28.3 Å². The average molecular weight is 491 g/mol. The minimum absolute atomic E-state index is 0.0195. The maximum atomic E-state index is 13.4. The predicted octanol–water partition coefficient (Wildman–Crippen LogP) is 2.04. The van der Waals surface area contributed by atoms with Gasteiger partial charge in [0.05, 0.1) is 17.6 Å². The number of fused-ring (bicyclic) bond motifs is 1. The first kappa shape index (κ1) is 24.8. The van der Waals surface area contributed by atoms with Gasteiger partial charge in [-0.2, -0.15) is 0 Å². The molecular formula is C26H30N6O4. The molecule has 0 unspecified atom stereocenters. The van der Waals surface area contributed by atoms with E-state index in [0.29, 0.717) is 6.42 Å². The van der Waals surface area contributed by atoms with Crippen molar-refractivity contribution in [2.24, 2.45) is 7.05 Å². The minimum Gasteiger partial charge on any atom is -0.383 e. The lowest BCUT2D eigenvalue weighted by molar-refractivity contribution is -0.118. The fourth-order valence-corrected chi connectivity index (χ4v) is 4.36. The van der Waals surface area contributed by atoms with Crippen LogP contribution in [0.4, 0.5) is 11.5 Å². The molecule has 36 heavy (non-hydrogen) atoms. The Hall–Kier alpha value is -4.34. The fraction of sp³-hybridized carbons (Fsp3) is 0.308. The number of aromatic nitrogens is 4. The van der Waals surface area contributed by atoms with Crippen LogP contribution >= 0.6 is 0 Å². The summed E-state index contributed by atoms with van der Waals surface area (Å²) in [5.41, 5.74) is 7.04. The van der Waals surface area contributed by atoms with Crippen molar-refractivity contribution in [3.05, 3.63) is 91.5 Å². The lowest BCUT2D eigenvalue weighted by atomic mass is 10.2. The molecular weight excluding hydrogens is 460 g/mol. The molecule has 0 bridgehead atoms. The van der Waals surface area contributed by atoms with Crippen molar-refractivity contribution in [1.82, 2.24) is 18.7 Å². The van der Waals surface area contributed by atoms with Crippen molar-refractivity contribution in [1.29, 1.82) is 0 Å². The van der Waals surface area contributed by atoms with Gasteiger partial charge < -0.3 is 10.6 Å². The summed E-state index contributed by atoms with van der Waals surface area (Å²) in [5, 5.41) is 0. The third-order valence-corrected chi connectivity index (χ3v) is 6.30. The van der Waals surface area contributed by atoms with Gasteiger partial charge in [0, 0.05) is 26.6 Å². The first-order valence-corrected chi connectivity index (χ1v) is 11.9. The molecule has 2 aromatic heterocycles. The van der Waals surface area contributed by atoms with E-state index in [1.54, 1.807) is 11.6 Å². The van der Waals surface area contributed by atoms with E-state index in [0.717, 1.165) is 23.0 Å². The standard InChI is InChI=1S/C26H30N6O4/c1-3-4-15-31(21(33)14-16-30-20-13-9-8-12-19(20)29(2)26(30)36)22-23(27)32(25(35)28-24(22)34)17-18-10-6-5-7-11-18/h5-13H,3-4,14-17,27H2,1-2H3,(H,28,34,35). The van der Waals surface area contributed by atoms with E-state index in [2.05, 4.69) is 4.98 Å². The van der Waals surface area contributed by atoms with Crippen molar-refractivity contribution < 1.29 is 4.79 Å². The number of amides is 1. The number of para-hydroxylation sites is 2. The molecule has 10 nitrogen and oxygen atoms in total. The Balaban J connectivity index is 1.68. The molecule has 1 amide bonds. The number of hydrogen-bond acceptors (Lipinski definition) is 5. The van der Waals surface area contributed by atoms with E-state index >= 15 is 0 Å². The summed E-state index contributed by atoms with van der Waals surface area (Å²) in [6.45, 7) is 2.53. The summed E-state index contributed by atoms with van der Waals surface area (Å²) < 4.78 is 4.35. The van der Waals surface area contributed by atoms with E-state index in [9.17, 15) is 19.2 Å². The minimum atomic E-state index is -0.714. The number of aromatic amines is 1. The number of unbranched alkanes of at least 4 members (excludes halogenated alkanes) is 1.